The summed E-state index contributed by atoms with van der Waals surface area (Å²) >= 11 is 0. The van der Waals surface area contributed by atoms with Gasteiger partial charge in [-0.1, -0.05) is 19.4 Å². The molecule has 0 aromatic heterocycles. The fraction of sp³-hybridized carbons (Fsp3) is 0.333. The average molecular weight is 253 g/mol. The van der Waals surface area contributed by atoms with Gasteiger partial charge in [-0.25, -0.2) is 4.79 Å². The molecule has 18 heavy (non-hydrogen) atoms. The summed E-state index contributed by atoms with van der Waals surface area (Å²) in [5, 5.41) is 29.9. The van der Waals surface area contributed by atoms with E-state index in [0.29, 0.717) is 12.8 Å². The molecule has 0 heterocycles. The van der Waals surface area contributed by atoms with Crippen molar-refractivity contribution in [1.29, 1.82) is 0 Å². The zero-order chi connectivity index (χ0) is 13.7. The molecule has 0 aliphatic carbocycles. The van der Waals surface area contributed by atoms with Crippen LogP contribution in [0.1, 0.15) is 30.1 Å². The molecular formula is C12H15NO5. The highest BCUT2D eigenvalue weighted by Crippen LogP contribution is 2.28. The van der Waals surface area contributed by atoms with Crippen molar-refractivity contribution in [2.24, 2.45) is 0 Å². The Balaban J connectivity index is 2.87. The third-order valence-electron chi connectivity index (χ3n) is 2.44. The zero-order valence-electron chi connectivity index (χ0n) is 9.88. The number of carbonyl (C=O) groups is 2. The second-order valence-electron chi connectivity index (χ2n) is 3.83. The Bertz CT molecular complexity index is 458. The normalized spacial score (nSPS) is 11.8. The van der Waals surface area contributed by atoms with E-state index < -0.39 is 29.4 Å². The molecule has 0 aliphatic heterocycles. The van der Waals surface area contributed by atoms with Crippen LogP contribution in [0.2, 0.25) is 0 Å². The van der Waals surface area contributed by atoms with E-state index in [1.165, 1.54) is 18.2 Å². The van der Waals surface area contributed by atoms with Gasteiger partial charge in [-0.05, 0) is 18.6 Å². The summed E-state index contributed by atoms with van der Waals surface area (Å²) in [6.07, 6.45) is 0.893. The summed E-state index contributed by atoms with van der Waals surface area (Å²) in [5.74, 6) is -2.85. The molecule has 0 saturated heterocycles. The number of carbonyl (C=O) groups excluding carboxylic acids is 1. The van der Waals surface area contributed by atoms with Gasteiger partial charge >= 0.3 is 5.97 Å². The number of phenols is 2. The van der Waals surface area contributed by atoms with Crippen LogP contribution in [0.5, 0.6) is 11.5 Å². The van der Waals surface area contributed by atoms with Crippen LogP contribution < -0.4 is 5.32 Å². The molecule has 6 heteroatoms. The van der Waals surface area contributed by atoms with Gasteiger partial charge in [-0.15, -0.1) is 0 Å². The Labute approximate surface area is 104 Å². The molecule has 0 aliphatic rings. The Kier molecular flexibility index (Phi) is 4.53. The molecule has 0 bridgehead atoms. The van der Waals surface area contributed by atoms with E-state index in [9.17, 15) is 19.8 Å². The predicted molar refractivity (Wildman–Crippen MR) is 63.6 cm³/mol. The van der Waals surface area contributed by atoms with E-state index in [1.54, 1.807) is 6.92 Å². The van der Waals surface area contributed by atoms with Crippen LogP contribution in [0.15, 0.2) is 18.2 Å². The standard InChI is InChI=1S/C12H15NO5/c1-2-4-8(12(17)18)13-11(16)7-5-3-6-9(14)10(7)15/h3,5-6,8,14-15H,2,4H2,1H3,(H,13,16)(H,17,18). The zero-order valence-corrected chi connectivity index (χ0v) is 9.88. The number of hydrogen-bond donors (Lipinski definition) is 4. The van der Waals surface area contributed by atoms with Crippen molar-refractivity contribution in [1.82, 2.24) is 5.32 Å². The van der Waals surface area contributed by atoms with Crippen LogP contribution >= 0.6 is 0 Å². The molecule has 6 nitrogen and oxygen atoms in total. The Hall–Kier alpha value is -2.24. The smallest absolute Gasteiger partial charge is 0.326 e. The highest BCUT2D eigenvalue weighted by Gasteiger charge is 2.21. The number of carboxylic acid groups (broad SMARTS) is 1. The molecule has 0 radical (unpaired) electrons. The number of para-hydroxylation sites is 1. The topological polar surface area (TPSA) is 107 Å². The van der Waals surface area contributed by atoms with Gasteiger partial charge in [0.25, 0.3) is 5.91 Å². The SMILES string of the molecule is CCCC(NC(=O)c1cccc(O)c1O)C(=O)O. The number of benzene rings is 1. The van der Waals surface area contributed by atoms with Crippen LogP contribution in [0.3, 0.4) is 0 Å². The van der Waals surface area contributed by atoms with Crippen molar-refractivity contribution in [3.8, 4) is 11.5 Å². The fourth-order valence-corrected chi connectivity index (χ4v) is 1.50. The second kappa shape index (κ2) is 5.90. The average Bonchev–Trinajstić information content (AvgIpc) is 2.31. The minimum absolute atomic E-state index is 0.155. The Morgan fingerprint density at radius 3 is 2.56 bits per heavy atom. The molecule has 1 aromatic rings. The molecule has 98 valence electrons. The molecule has 1 rings (SSSR count). The van der Waals surface area contributed by atoms with Gasteiger partial charge < -0.3 is 20.6 Å². The Morgan fingerprint density at radius 1 is 1.33 bits per heavy atom. The molecule has 1 atom stereocenters. The van der Waals surface area contributed by atoms with E-state index >= 15 is 0 Å². The van der Waals surface area contributed by atoms with Crippen molar-refractivity contribution in [3.05, 3.63) is 23.8 Å². The molecule has 1 aromatic carbocycles. The monoisotopic (exact) mass is 253 g/mol. The first kappa shape index (κ1) is 13.8. The number of aliphatic carboxylic acids is 1. The predicted octanol–water partition coefficient (Wildman–Crippen LogP) is 1.08. The number of carboxylic acids is 1. The summed E-state index contributed by atoms with van der Waals surface area (Å²) < 4.78 is 0. The minimum Gasteiger partial charge on any atom is -0.504 e. The number of phenolic OH excluding ortho intramolecular Hbond substituents is 2. The lowest BCUT2D eigenvalue weighted by molar-refractivity contribution is -0.139. The van der Waals surface area contributed by atoms with Gasteiger partial charge in [0.2, 0.25) is 0 Å². The van der Waals surface area contributed by atoms with Gasteiger partial charge in [-0.2, -0.15) is 0 Å². The van der Waals surface area contributed by atoms with Gasteiger partial charge in [0.1, 0.15) is 6.04 Å². The van der Waals surface area contributed by atoms with Crippen molar-refractivity contribution in [2.45, 2.75) is 25.8 Å². The van der Waals surface area contributed by atoms with Gasteiger partial charge in [0.15, 0.2) is 11.5 Å². The first-order valence-corrected chi connectivity index (χ1v) is 5.52. The quantitative estimate of drug-likeness (QED) is 0.587. The summed E-state index contributed by atoms with van der Waals surface area (Å²) in [4.78, 5) is 22.6. The number of aromatic hydroxyl groups is 2. The van der Waals surface area contributed by atoms with Crippen molar-refractivity contribution >= 4 is 11.9 Å². The number of hydrogen-bond acceptors (Lipinski definition) is 4. The van der Waals surface area contributed by atoms with Crippen molar-refractivity contribution < 1.29 is 24.9 Å². The van der Waals surface area contributed by atoms with Gasteiger partial charge in [-0.3, -0.25) is 4.79 Å². The van der Waals surface area contributed by atoms with Crippen LogP contribution in [0.25, 0.3) is 0 Å². The Morgan fingerprint density at radius 2 is 2.00 bits per heavy atom. The maximum Gasteiger partial charge on any atom is 0.326 e. The van der Waals surface area contributed by atoms with Crippen molar-refractivity contribution in [2.75, 3.05) is 0 Å². The highest BCUT2D eigenvalue weighted by molar-refractivity contribution is 5.99. The molecule has 0 spiro atoms. The van der Waals surface area contributed by atoms with Crippen LogP contribution in [0.4, 0.5) is 0 Å². The van der Waals surface area contributed by atoms with E-state index in [2.05, 4.69) is 5.32 Å². The minimum atomic E-state index is -1.13. The van der Waals surface area contributed by atoms with Gasteiger partial charge in [0, 0.05) is 0 Å². The molecule has 0 saturated carbocycles. The van der Waals surface area contributed by atoms with Crippen LogP contribution in [-0.2, 0) is 4.79 Å². The lowest BCUT2D eigenvalue weighted by atomic mass is 10.1. The fourth-order valence-electron chi connectivity index (χ4n) is 1.50. The van der Waals surface area contributed by atoms with E-state index in [1.807, 2.05) is 0 Å². The summed E-state index contributed by atoms with van der Waals surface area (Å²) in [5.41, 5.74) is -0.155. The third kappa shape index (κ3) is 3.13. The number of rotatable bonds is 5. The van der Waals surface area contributed by atoms with E-state index in [4.69, 9.17) is 5.11 Å². The van der Waals surface area contributed by atoms with E-state index in [0.717, 1.165) is 0 Å². The first-order chi connectivity index (χ1) is 8.47. The molecule has 0 fully saturated rings. The van der Waals surface area contributed by atoms with Gasteiger partial charge in [0.05, 0.1) is 5.56 Å². The summed E-state index contributed by atoms with van der Waals surface area (Å²) in [6.45, 7) is 1.80. The molecule has 1 amide bonds. The number of nitrogens with one attached hydrogen (secondary N) is 1. The lowest BCUT2D eigenvalue weighted by Gasteiger charge is -2.14. The summed E-state index contributed by atoms with van der Waals surface area (Å²) in [6, 6.07) is 2.91. The molecule has 4 N–H and O–H groups in total. The van der Waals surface area contributed by atoms with Crippen LogP contribution in [0, 0.1) is 0 Å². The van der Waals surface area contributed by atoms with E-state index in [-0.39, 0.29) is 5.56 Å². The summed E-state index contributed by atoms with van der Waals surface area (Å²) in [7, 11) is 0. The second-order valence-corrected chi connectivity index (χ2v) is 3.83. The largest absolute Gasteiger partial charge is 0.504 e. The molecular weight excluding hydrogens is 238 g/mol. The lowest BCUT2D eigenvalue weighted by Crippen LogP contribution is -2.40. The van der Waals surface area contributed by atoms with Crippen molar-refractivity contribution in [3.63, 3.8) is 0 Å². The highest BCUT2D eigenvalue weighted by atomic mass is 16.4. The van der Waals surface area contributed by atoms with Crippen LogP contribution in [-0.4, -0.2) is 33.2 Å². The first-order valence-electron chi connectivity index (χ1n) is 5.52. The maximum atomic E-state index is 11.8. The maximum absolute atomic E-state index is 11.8. The molecule has 1 unspecified atom stereocenters. The third-order valence-corrected chi connectivity index (χ3v) is 2.44. The number of amides is 1.